The van der Waals surface area contributed by atoms with Crippen LogP contribution in [0.2, 0.25) is 5.02 Å². The van der Waals surface area contributed by atoms with Gasteiger partial charge >= 0.3 is 0 Å². The summed E-state index contributed by atoms with van der Waals surface area (Å²) in [6.07, 6.45) is 7.27. The molecule has 1 aliphatic rings. The third kappa shape index (κ3) is 4.78. The van der Waals surface area contributed by atoms with Crippen molar-refractivity contribution < 1.29 is 4.79 Å². The number of aromatic nitrogens is 3. The van der Waals surface area contributed by atoms with E-state index in [1.807, 2.05) is 83.8 Å². The summed E-state index contributed by atoms with van der Waals surface area (Å²) in [6.45, 7) is 2.64. The summed E-state index contributed by atoms with van der Waals surface area (Å²) >= 11 is 6.16. The Bertz CT molecular complexity index is 1590. The van der Waals surface area contributed by atoms with E-state index in [2.05, 4.69) is 27.8 Å². The van der Waals surface area contributed by atoms with Crippen molar-refractivity contribution >= 4 is 40.4 Å². The molecule has 0 unspecified atom stereocenters. The maximum atomic E-state index is 12.8. The number of amides is 1. The van der Waals surface area contributed by atoms with Crippen LogP contribution in [0.3, 0.4) is 0 Å². The first-order valence-corrected chi connectivity index (χ1v) is 13.0. The van der Waals surface area contributed by atoms with Gasteiger partial charge in [0.1, 0.15) is 12.1 Å². The van der Waals surface area contributed by atoms with Crippen molar-refractivity contribution in [3.63, 3.8) is 0 Å². The van der Waals surface area contributed by atoms with Crippen LogP contribution in [-0.2, 0) is 4.79 Å². The van der Waals surface area contributed by atoms with Crippen LogP contribution in [0.1, 0.15) is 5.56 Å². The van der Waals surface area contributed by atoms with Crippen molar-refractivity contribution in [3.05, 3.63) is 114 Å². The third-order valence-electron chi connectivity index (χ3n) is 6.86. The second kappa shape index (κ2) is 10.5. The summed E-state index contributed by atoms with van der Waals surface area (Å²) in [6, 6.07) is 27.9. The zero-order valence-electron chi connectivity index (χ0n) is 20.7. The molecule has 0 aliphatic carbocycles. The van der Waals surface area contributed by atoms with Crippen LogP contribution in [0, 0.1) is 0 Å². The quantitative estimate of drug-likeness (QED) is 0.263. The number of carbonyl (C=O) groups excluding carboxylic acids is 1. The van der Waals surface area contributed by atoms with Crippen molar-refractivity contribution in [3.8, 4) is 16.8 Å². The molecule has 3 heterocycles. The first-order chi connectivity index (χ1) is 18.7. The molecule has 0 atom stereocenters. The van der Waals surface area contributed by atoms with Gasteiger partial charge in [0.15, 0.2) is 5.65 Å². The molecule has 2 aromatic heterocycles. The highest BCUT2D eigenvalue weighted by Gasteiger charge is 2.25. The average Bonchev–Trinajstić information content (AvgIpc) is 3.37. The number of hydrogen-bond donors (Lipinski definition) is 0. The number of hydrogen-bond acceptors (Lipinski definition) is 4. The van der Waals surface area contributed by atoms with Gasteiger partial charge in [0, 0.05) is 54.7 Å². The zero-order valence-corrected chi connectivity index (χ0v) is 21.5. The molecule has 3 aromatic carbocycles. The van der Waals surface area contributed by atoms with E-state index >= 15 is 0 Å². The molecule has 6 nitrogen and oxygen atoms in total. The molecule has 0 spiro atoms. The molecule has 0 radical (unpaired) electrons. The fourth-order valence-corrected chi connectivity index (χ4v) is 5.02. The number of piperazine rings is 1. The van der Waals surface area contributed by atoms with E-state index in [1.54, 1.807) is 12.4 Å². The lowest BCUT2D eigenvalue weighted by molar-refractivity contribution is -0.126. The fraction of sp³-hybridized carbons (Fsp3) is 0.129. The number of anilines is 1. The monoisotopic (exact) mass is 519 g/mol. The van der Waals surface area contributed by atoms with E-state index in [0.717, 1.165) is 39.2 Å². The van der Waals surface area contributed by atoms with E-state index in [4.69, 9.17) is 21.6 Å². The SMILES string of the molecule is O=C(/C=C/c1ccccc1)N1CCN(c2ncnc3c2c(-c2ccccc2)cn3-c2ccc(Cl)cc2)CC1. The Labute approximate surface area is 226 Å². The normalized spacial score (nSPS) is 13.9. The van der Waals surface area contributed by atoms with Crippen LogP contribution < -0.4 is 4.90 Å². The lowest BCUT2D eigenvalue weighted by Crippen LogP contribution is -2.48. The average molecular weight is 520 g/mol. The van der Waals surface area contributed by atoms with Crippen molar-refractivity contribution in [2.24, 2.45) is 0 Å². The second-order valence-electron chi connectivity index (χ2n) is 9.21. The number of nitrogens with zero attached hydrogens (tertiary/aromatic N) is 5. The molecular formula is C31H26ClN5O. The van der Waals surface area contributed by atoms with Gasteiger partial charge in [-0.15, -0.1) is 0 Å². The maximum Gasteiger partial charge on any atom is 0.246 e. The number of benzene rings is 3. The molecule has 0 saturated carbocycles. The Morgan fingerprint density at radius 3 is 2.21 bits per heavy atom. The van der Waals surface area contributed by atoms with Crippen LogP contribution in [-0.4, -0.2) is 51.5 Å². The largest absolute Gasteiger partial charge is 0.352 e. The molecule has 1 fully saturated rings. The number of rotatable bonds is 5. The maximum absolute atomic E-state index is 12.8. The minimum Gasteiger partial charge on any atom is -0.352 e. The van der Waals surface area contributed by atoms with Gasteiger partial charge in [0.05, 0.1) is 5.39 Å². The summed E-state index contributed by atoms with van der Waals surface area (Å²) < 4.78 is 2.09. The molecule has 0 N–H and O–H groups in total. The Morgan fingerprint density at radius 1 is 0.816 bits per heavy atom. The first kappa shape index (κ1) is 23.9. The standard InChI is InChI=1S/C31H26ClN5O/c32-25-12-14-26(15-13-25)37-21-27(24-9-5-2-6-10-24)29-30(33-22-34-31(29)37)36-19-17-35(18-20-36)28(38)16-11-23-7-3-1-4-8-23/h1-16,21-22H,17-20H2/b16-11+. The molecule has 6 rings (SSSR count). The molecule has 1 aliphatic heterocycles. The lowest BCUT2D eigenvalue weighted by Gasteiger charge is -2.35. The van der Waals surface area contributed by atoms with Gasteiger partial charge in [-0.3, -0.25) is 4.79 Å². The molecular weight excluding hydrogens is 494 g/mol. The van der Waals surface area contributed by atoms with E-state index < -0.39 is 0 Å². The third-order valence-corrected chi connectivity index (χ3v) is 7.11. The van der Waals surface area contributed by atoms with Gasteiger partial charge in [0.2, 0.25) is 5.91 Å². The highest BCUT2D eigenvalue weighted by atomic mass is 35.5. The van der Waals surface area contributed by atoms with Crippen molar-refractivity contribution in [2.75, 3.05) is 31.1 Å². The van der Waals surface area contributed by atoms with Gasteiger partial charge in [-0.25, -0.2) is 9.97 Å². The molecule has 38 heavy (non-hydrogen) atoms. The molecule has 1 amide bonds. The van der Waals surface area contributed by atoms with Gasteiger partial charge in [0.25, 0.3) is 0 Å². The predicted octanol–water partition coefficient (Wildman–Crippen LogP) is 6.10. The number of halogens is 1. The van der Waals surface area contributed by atoms with Crippen LogP contribution in [0.5, 0.6) is 0 Å². The smallest absolute Gasteiger partial charge is 0.246 e. The predicted molar refractivity (Wildman–Crippen MR) is 154 cm³/mol. The van der Waals surface area contributed by atoms with E-state index in [9.17, 15) is 4.79 Å². The fourth-order valence-electron chi connectivity index (χ4n) is 4.90. The van der Waals surface area contributed by atoms with Gasteiger partial charge in [-0.05, 0) is 41.5 Å². The summed E-state index contributed by atoms with van der Waals surface area (Å²) in [5.41, 5.74) is 4.99. The van der Waals surface area contributed by atoms with Crippen molar-refractivity contribution in [1.82, 2.24) is 19.4 Å². The molecule has 7 heteroatoms. The molecule has 188 valence electrons. The highest BCUT2D eigenvalue weighted by molar-refractivity contribution is 6.30. The Morgan fingerprint density at radius 2 is 1.50 bits per heavy atom. The summed E-state index contributed by atoms with van der Waals surface area (Å²) in [5.74, 6) is 0.911. The van der Waals surface area contributed by atoms with Crippen LogP contribution >= 0.6 is 11.6 Å². The zero-order chi connectivity index (χ0) is 25.9. The van der Waals surface area contributed by atoms with Crippen molar-refractivity contribution in [1.29, 1.82) is 0 Å². The van der Waals surface area contributed by atoms with Crippen molar-refractivity contribution in [2.45, 2.75) is 0 Å². The van der Waals surface area contributed by atoms with Gasteiger partial charge < -0.3 is 14.4 Å². The van der Waals surface area contributed by atoms with E-state index in [1.165, 1.54) is 0 Å². The topological polar surface area (TPSA) is 54.3 Å². The first-order valence-electron chi connectivity index (χ1n) is 12.6. The molecule has 5 aromatic rings. The second-order valence-corrected chi connectivity index (χ2v) is 9.64. The highest BCUT2D eigenvalue weighted by Crippen LogP contribution is 2.37. The van der Waals surface area contributed by atoms with E-state index in [0.29, 0.717) is 31.2 Å². The van der Waals surface area contributed by atoms with Crippen LogP contribution in [0.15, 0.2) is 104 Å². The number of fused-ring (bicyclic) bond motifs is 1. The van der Waals surface area contributed by atoms with Gasteiger partial charge in [-0.1, -0.05) is 72.3 Å². The molecule has 1 saturated heterocycles. The Hall–Kier alpha value is -4.42. The minimum atomic E-state index is 0.0280. The van der Waals surface area contributed by atoms with Gasteiger partial charge in [-0.2, -0.15) is 0 Å². The lowest BCUT2D eigenvalue weighted by atomic mass is 10.1. The molecule has 0 bridgehead atoms. The van der Waals surface area contributed by atoms with E-state index in [-0.39, 0.29) is 5.91 Å². The van der Waals surface area contributed by atoms with Crippen LogP contribution in [0.4, 0.5) is 5.82 Å². The Balaban J connectivity index is 1.31. The van der Waals surface area contributed by atoms with Crippen LogP contribution in [0.25, 0.3) is 33.9 Å². The summed E-state index contributed by atoms with van der Waals surface area (Å²) in [7, 11) is 0. The summed E-state index contributed by atoms with van der Waals surface area (Å²) in [5, 5.41) is 1.69. The Kier molecular flexibility index (Phi) is 6.63. The summed E-state index contributed by atoms with van der Waals surface area (Å²) in [4.78, 5) is 26.4. The number of carbonyl (C=O) groups is 1. The minimum absolute atomic E-state index is 0.0280.